The Balaban J connectivity index is 1.89. The summed E-state index contributed by atoms with van der Waals surface area (Å²) in [4.78, 5) is 12.7. The van der Waals surface area contributed by atoms with Gasteiger partial charge in [-0.05, 0) is 47.4 Å². The van der Waals surface area contributed by atoms with Gasteiger partial charge in [0.25, 0.3) is 5.91 Å². The van der Waals surface area contributed by atoms with Crippen molar-refractivity contribution in [3.63, 3.8) is 0 Å². The summed E-state index contributed by atoms with van der Waals surface area (Å²) in [5, 5.41) is 2.76. The summed E-state index contributed by atoms with van der Waals surface area (Å²) in [6, 6.07) is 12.3. The van der Waals surface area contributed by atoms with Gasteiger partial charge in [0.1, 0.15) is 11.5 Å². The van der Waals surface area contributed by atoms with E-state index in [1.165, 1.54) is 4.31 Å². The predicted octanol–water partition coefficient (Wildman–Crippen LogP) is 3.16. The molecule has 8 heteroatoms. The second-order valence-corrected chi connectivity index (χ2v) is 9.96. The molecule has 1 amide bonds. The maximum Gasteiger partial charge on any atom is 0.267 e. The number of fused-ring (bicyclic) bond motifs is 1. The van der Waals surface area contributed by atoms with E-state index in [9.17, 15) is 13.2 Å². The average molecular weight is 419 g/mol. The Morgan fingerprint density at radius 3 is 2.38 bits per heavy atom. The molecule has 1 heterocycles. The van der Waals surface area contributed by atoms with Crippen molar-refractivity contribution < 1.29 is 22.7 Å². The number of nitrogens with zero attached hydrogens (tertiary/aromatic N) is 1. The minimum atomic E-state index is -3.59. The molecular formula is C21H26N2O5S. The second kappa shape index (κ2) is 7.59. The SMILES string of the molecule is COc1ccc(NC(=O)[C@@H]2CN(S(C)(=O)=O)c3cc(C(C)(C)C)ccc3O2)cc1. The van der Waals surface area contributed by atoms with Gasteiger partial charge < -0.3 is 14.8 Å². The normalized spacial score (nSPS) is 16.6. The Labute approximate surface area is 171 Å². The Hall–Kier alpha value is -2.74. The van der Waals surface area contributed by atoms with Gasteiger partial charge >= 0.3 is 0 Å². The highest BCUT2D eigenvalue weighted by molar-refractivity contribution is 7.92. The van der Waals surface area contributed by atoms with Crippen molar-refractivity contribution in [3.8, 4) is 11.5 Å². The first kappa shape index (κ1) is 21.0. The van der Waals surface area contributed by atoms with Crippen molar-refractivity contribution in [2.45, 2.75) is 32.3 Å². The van der Waals surface area contributed by atoms with Crippen LogP contribution in [0.15, 0.2) is 42.5 Å². The number of hydrogen-bond acceptors (Lipinski definition) is 5. The zero-order chi connectivity index (χ0) is 21.4. The van der Waals surface area contributed by atoms with Gasteiger partial charge in [-0.1, -0.05) is 26.8 Å². The van der Waals surface area contributed by atoms with E-state index in [2.05, 4.69) is 5.32 Å². The van der Waals surface area contributed by atoms with Gasteiger partial charge in [0.15, 0.2) is 6.10 Å². The molecule has 0 aliphatic carbocycles. The van der Waals surface area contributed by atoms with Gasteiger partial charge in [-0.15, -0.1) is 0 Å². The first-order valence-electron chi connectivity index (χ1n) is 9.23. The fourth-order valence-corrected chi connectivity index (χ4v) is 3.97. The van der Waals surface area contributed by atoms with Crippen LogP contribution in [0.1, 0.15) is 26.3 Å². The number of carbonyl (C=O) groups excluding carboxylic acids is 1. The van der Waals surface area contributed by atoms with Gasteiger partial charge in [-0.3, -0.25) is 9.10 Å². The van der Waals surface area contributed by atoms with Crippen LogP contribution in [-0.2, 0) is 20.2 Å². The number of anilines is 2. The molecule has 1 aliphatic rings. The molecule has 29 heavy (non-hydrogen) atoms. The van der Waals surface area contributed by atoms with Gasteiger partial charge in [-0.25, -0.2) is 8.42 Å². The molecule has 0 saturated carbocycles. The topological polar surface area (TPSA) is 84.9 Å². The van der Waals surface area contributed by atoms with E-state index in [4.69, 9.17) is 9.47 Å². The van der Waals surface area contributed by atoms with Crippen LogP contribution in [0.4, 0.5) is 11.4 Å². The fourth-order valence-electron chi connectivity index (χ4n) is 3.07. The van der Waals surface area contributed by atoms with Crippen molar-refractivity contribution in [1.82, 2.24) is 0 Å². The van der Waals surface area contributed by atoms with Crippen molar-refractivity contribution in [1.29, 1.82) is 0 Å². The van der Waals surface area contributed by atoms with Crippen LogP contribution >= 0.6 is 0 Å². The Morgan fingerprint density at radius 1 is 1.17 bits per heavy atom. The lowest BCUT2D eigenvalue weighted by Crippen LogP contribution is -2.48. The maximum absolute atomic E-state index is 12.7. The minimum Gasteiger partial charge on any atom is -0.497 e. The summed E-state index contributed by atoms with van der Waals surface area (Å²) in [6.45, 7) is 6.05. The van der Waals surface area contributed by atoms with Gasteiger partial charge in [0.2, 0.25) is 10.0 Å². The number of rotatable bonds is 4. The third-order valence-electron chi connectivity index (χ3n) is 4.74. The van der Waals surface area contributed by atoms with Crippen LogP contribution in [-0.4, -0.2) is 40.3 Å². The third-order valence-corrected chi connectivity index (χ3v) is 5.89. The highest BCUT2D eigenvalue weighted by Crippen LogP contribution is 2.38. The van der Waals surface area contributed by atoms with Gasteiger partial charge in [0.05, 0.1) is 25.6 Å². The zero-order valence-electron chi connectivity index (χ0n) is 17.2. The number of methoxy groups -OCH3 is 1. The Kier molecular flexibility index (Phi) is 5.49. The van der Waals surface area contributed by atoms with E-state index < -0.39 is 22.0 Å². The van der Waals surface area contributed by atoms with Crippen LogP contribution in [0.2, 0.25) is 0 Å². The molecule has 0 saturated heterocycles. The third kappa shape index (κ3) is 4.64. The summed E-state index contributed by atoms with van der Waals surface area (Å²) in [6.07, 6.45) is 0.157. The molecule has 0 unspecified atom stereocenters. The summed E-state index contributed by atoms with van der Waals surface area (Å²) < 4.78 is 37.1. The molecule has 156 valence electrons. The number of nitrogens with one attached hydrogen (secondary N) is 1. The van der Waals surface area contributed by atoms with Gasteiger partial charge in [0, 0.05) is 5.69 Å². The largest absolute Gasteiger partial charge is 0.497 e. The van der Waals surface area contributed by atoms with E-state index >= 15 is 0 Å². The van der Waals surface area contributed by atoms with Crippen molar-refractivity contribution >= 4 is 27.3 Å². The molecule has 0 fully saturated rings. The number of amides is 1. The van der Waals surface area contributed by atoms with Crippen molar-refractivity contribution in [2.75, 3.05) is 29.5 Å². The quantitative estimate of drug-likeness (QED) is 0.824. The van der Waals surface area contributed by atoms with E-state index in [-0.39, 0.29) is 12.0 Å². The summed E-state index contributed by atoms with van der Waals surface area (Å²) >= 11 is 0. The van der Waals surface area contributed by atoms with E-state index in [0.717, 1.165) is 11.8 Å². The van der Waals surface area contributed by atoms with Gasteiger partial charge in [-0.2, -0.15) is 0 Å². The standard InChI is InChI=1S/C21H26N2O5S/c1-21(2,3)14-6-11-18-17(12-14)23(29(5,25)26)13-19(28-18)20(24)22-15-7-9-16(27-4)10-8-15/h6-12,19H,13H2,1-5H3,(H,22,24)/t19-/m0/s1. The number of carbonyl (C=O) groups is 1. The molecule has 1 atom stereocenters. The van der Waals surface area contributed by atoms with Crippen molar-refractivity contribution in [2.24, 2.45) is 0 Å². The molecule has 7 nitrogen and oxygen atoms in total. The molecule has 0 radical (unpaired) electrons. The van der Waals surface area contributed by atoms with Crippen LogP contribution in [0.3, 0.4) is 0 Å². The molecular weight excluding hydrogens is 392 g/mol. The van der Waals surface area contributed by atoms with Crippen LogP contribution in [0.25, 0.3) is 0 Å². The lowest BCUT2D eigenvalue weighted by Gasteiger charge is -2.35. The first-order chi connectivity index (χ1) is 13.5. The summed E-state index contributed by atoms with van der Waals surface area (Å²) in [7, 11) is -2.03. The first-order valence-corrected chi connectivity index (χ1v) is 11.1. The van der Waals surface area contributed by atoms with E-state index in [1.807, 2.05) is 32.9 Å². The second-order valence-electron chi connectivity index (χ2n) is 8.05. The molecule has 0 aromatic heterocycles. The highest BCUT2D eigenvalue weighted by Gasteiger charge is 2.35. The Bertz CT molecular complexity index is 1010. The lowest BCUT2D eigenvalue weighted by molar-refractivity contribution is -0.122. The van der Waals surface area contributed by atoms with Crippen LogP contribution in [0, 0.1) is 0 Å². The summed E-state index contributed by atoms with van der Waals surface area (Å²) in [5.74, 6) is 0.614. The Morgan fingerprint density at radius 2 is 1.83 bits per heavy atom. The smallest absolute Gasteiger partial charge is 0.267 e. The average Bonchev–Trinajstić information content (AvgIpc) is 2.65. The lowest BCUT2D eigenvalue weighted by atomic mass is 9.86. The monoisotopic (exact) mass is 418 g/mol. The minimum absolute atomic E-state index is 0.0958. The fraction of sp³-hybridized carbons (Fsp3) is 0.381. The zero-order valence-corrected chi connectivity index (χ0v) is 18.0. The number of sulfonamides is 1. The maximum atomic E-state index is 12.7. The van der Waals surface area contributed by atoms with E-state index in [1.54, 1.807) is 37.4 Å². The predicted molar refractivity (Wildman–Crippen MR) is 113 cm³/mol. The molecule has 0 bridgehead atoms. The highest BCUT2D eigenvalue weighted by atomic mass is 32.2. The molecule has 1 N–H and O–H groups in total. The number of hydrogen-bond donors (Lipinski definition) is 1. The molecule has 2 aromatic rings. The molecule has 3 rings (SSSR count). The summed E-state index contributed by atoms with van der Waals surface area (Å²) in [5.41, 5.74) is 1.85. The number of ether oxygens (including phenoxy) is 2. The molecule has 0 spiro atoms. The van der Waals surface area contributed by atoms with Crippen molar-refractivity contribution in [3.05, 3.63) is 48.0 Å². The molecule has 1 aliphatic heterocycles. The van der Waals surface area contributed by atoms with Crippen LogP contribution < -0.4 is 19.1 Å². The molecule has 2 aromatic carbocycles. The van der Waals surface area contributed by atoms with E-state index in [0.29, 0.717) is 22.9 Å². The van der Waals surface area contributed by atoms with Crippen LogP contribution in [0.5, 0.6) is 11.5 Å². The number of benzene rings is 2.